The monoisotopic (exact) mass is 224 g/mol. The molecule has 1 rings (SSSR count). The summed E-state index contributed by atoms with van der Waals surface area (Å²) in [4.78, 5) is 10.5. The number of aryl methyl sites for hydroxylation is 1. The molecule has 0 unspecified atom stereocenters. The molecule has 1 aromatic rings. The first-order chi connectivity index (χ1) is 7.72. The summed E-state index contributed by atoms with van der Waals surface area (Å²) in [6.07, 6.45) is 6.23. The number of hydrogen-bond acceptors (Lipinski definition) is 3. The van der Waals surface area contributed by atoms with Gasteiger partial charge in [0.2, 0.25) is 5.91 Å². The molecule has 0 saturated heterocycles. The summed E-state index contributed by atoms with van der Waals surface area (Å²) in [5.74, 6) is -0.218. The summed E-state index contributed by atoms with van der Waals surface area (Å²) in [7, 11) is 0. The third kappa shape index (κ3) is 4.93. The molecule has 0 radical (unpaired) electrons. The second kappa shape index (κ2) is 7.00. The number of amides is 1. The predicted molar refractivity (Wildman–Crippen MR) is 62.7 cm³/mol. The van der Waals surface area contributed by atoms with Crippen LogP contribution in [0.25, 0.3) is 0 Å². The van der Waals surface area contributed by atoms with Gasteiger partial charge in [0.15, 0.2) is 0 Å². The fraction of sp³-hybridized carbons (Fsp3) is 0.636. The van der Waals surface area contributed by atoms with Crippen molar-refractivity contribution < 1.29 is 4.79 Å². The van der Waals surface area contributed by atoms with Crippen LogP contribution in [0.2, 0.25) is 0 Å². The van der Waals surface area contributed by atoms with Gasteiger partial charge in [-0.15, -0.1) is 0 Å². The van der Waals surface area contributed by atoms with E-state index in [2.05, 4.69) is 17.3 Å². The first-order valence-corrected chi connectivity index (χ1v) is 5.72. The molecule has 0 aliphatic heterocycles. The highest BCUT2D eigenvalue weighted by atomic mass is 16.1. The first kappa shape index (κ1) is 12.7. The van der Waals surface area contributed by atoms with Gasteiger partial charge in [0.25, 0.3) is 0 Å². The van der Waals surface area contributed by atoms with E-state index >= 15 is 0 Å². The fourth-order valence-corrected chi connectivity index (χ4v) is 1.45. The van der Waals surface area contributed by atoms with Crippen molar-refractivity contribution in [1.29, 1.82) is 0 Å². The third-order valence-electron chi connectivity index (χ3n) is 2.37. The SMILES string of the molecule is CCn1cc(CNCCCCC(N)=O)cn1. The number of carbonyl (C=O) groups excluding carboxylic acids is 1. The van der Waals surface area contributed by atoms with Crippen molar-refractivity contribution in [1.82, 2.24) is 15.1 Å². The van der Waals surface area contributed by atoms with E-state index in [4.69, 9.17) is 5.73 Å². The van der Waals surface area contributed by atoms with Crippen molar-refractivity contribution in [3.05, 3.63) is 18.0 Å². The largest absolute Gasteiger partial charge is 0.370 e. The molecule has 0 atom stereocenters. The second-order valence-electron chi connectivity index (χ2n) is 3.80. The lowest BCUT2D eigenvalue weighted by molar-refractivity contribution is -0.118. The Balaban J connectivity index is 2.04. The van der Waals surface area contributed by atoms with Crippen LogP contribution in [0, 0.1) is 0 Å². The van der Waals surface area contributed by atoms with E-state index in [1.54, 1.807) is 0 Å². The number of aromatic nitrogens is 2. The molecule has 16 heavy (non-hydrogen) atoms. The normalized spacial score (nSPS) is 10.6. The third-order valence-corrected chi connectivity index (χ3v) is 2.37. The topological polar surface area (TPSA) is 72.9 Å². The van der Waals surface area contributed by atoms with Gasteiger partial charge in [-0.25, -0.2) is 0 Å². The second-order valence-corrected chi connectivity index (χ2v) is 3.80. The average molecular weight is 224 g/mol. The van der Waals surface area contributed by atoms with Gasteiger partial charge in [0.05, 0.1) is 6.20 Å². The zero-order chi connectivity index (χ0) is 11.8. The quantitative estimate of drug-likeness (QED) is 0.637. The molecule has 0 aliphatic carbocycles. The Morgan fingerprint density at radius 3 is 3.00 bits per heavy atom. The lowest BCUT2D eigenvalue weighted by Crippen LogP contribution is -2.16. The molecule has 0 fully saturated rings. The van der Waals surface area contributed by atoms with Crippen molar-refractivity contribution in [2.75, 3.05) is 6.54 Å². The summed E-state index contributed by atoms with van der Waals surface area (Å²) in [6, 6.07) is 0. The molecule has 0 aliphatic rings. The van der Waals surface area contributed by atoms with Crippen LogP contribution >= 0.6 is 0 Å². The predicted octanol–water partition coefficient (Wildman–Crippen LogP) is 0.648. The molecule has 0 bridgehead atoms. The maximum atomic E-state index is 10.5. The fourth-order valence-electron chi connectivity index (χ4n) is 1.45. The van der Waals surface area contributed by atoms with Gasteiger partial charge in [-0.1, -0.05) is 0 Å². The van der Waals surface area contributed by atoms with E-state index < -0.39 is 0 Å². The number of carbonyl (C=O) groups is 1. The summed E-state index contributed by atoms with van der Waals surface area (Å²) < 4.78 is 1.91. The van der Waals surface area contributed by atoms with Gasteiger partial charge in [0.1, 0.15) is 0 Å². The molecule has 1 heterocycles. The molecule has 0 spiro atoms. The Morgan fingerprint density at radius 1 is 1.56 bits per heavy atom. The van der Waals surface area contributed by atoms with Crippen LogP contribution in [0.15, 0.2) is 12.4 Å². The molecule has 5 heteroatoms. The smallest absolute Gasteiger partial charge is 0.217 e. The molecule has 0 saturated carbocycles. The number of rotatable bonds is 8. The Hall–Kier alpha value is -1.36. The van der Waals surface area contributed by atoms with Crippen LogP contribution in [0.5, 0.6) is 0 Å². The maximum Gasteiger partial charge on any atom is 0.217 e. The molecule has 0 aromatic carbocycles. The molecular weight excluding hydrogens is 204 g/mol. The molecule has 3 N–H and O–H groups in total. The van der Waals surface area contributed by atoms with Crippen LogP contribution < -0.4 is 11.1 Å². The van der Waals surface area contributed by atoms with E-state index in [1.807, 2.05) is 17.1 Å². The first-order valence-electron chi connectivity index (χ1n) is 5.72. The summed E-state index contributed by atoms with van der Waals surface area (Å²) in [5.41, 5.74) is 6.24. The highest BCUT2D eigenvalue weighted by Gasteiger charge is 1.97. The van der Waals surface area contributed by atoms with E-state index in [9.17, 15) is 4.79 Å². The van der Waals surface area contributed by atoms with Crippen molar-refractivity contribution in [3.63, 3.8) is 0 Å². The van der Waals surface area contributed by atoms with E-state index in [0.717, 1.165) is 32.5 Å². The highest BCUT2D eigenvalue weighted by molar-refractivity contribution is 5.73. The number of nitrogens with two attached hydrogens (primary N) is 1. The minimum atomic E-state index is -0.218. The zero-order valence-corrected chi connectivity index (χ0v) is 9.78. The summed E-state index contributed by atoms with van der Waals surface area (Å²) in [5, 5.41) is 7.50. The van der Waals surface area contributed by atoms with Gasteiger partial charge < -0.3 is 11.1 Å². The van der Waals surface area contributed by atoms with Gasteiger partial charge in [0, 0.05) is 31.3 Å². The van der Waals surface area contributed by atoms with Gasteiger partial charge in [-0.05, 0) is 26.3 Å². The summed E-state index contributed by atoms with van der Waals surface area (Å²) >= 11 is 0. The van der Waals surface area contributed by atoms with Crippen molar-refractivity contribution >= 4 is 5.91 Å². The molecular formula is C11H20N4O. The van der Waals surface area contributed by atoms with Crippen molar-refractivity contribution in [3.8, 4) is 0 Å². The number of unbranched alkanes of at least 4 members (excludes halogenated alkanes) is 1. The van der Waals surface area contributed by atoms with Gasteiger partial charge in [-0.2, -0.15) is 5.10 Å². The van der Waals surface area contributed by atoms with Crippen molar-refractivity contribution in [2.24, 2.45) is 5.73 Å². The van der Waals surface area contributed by atoms with Crippen LogP contribution in [-0.4, -0.2) is 22.2 Å². The van der Waals surface area contributed by atoms with E-state index in [-0.39, 0.29) is 5.91 Å². The van der Waals surface area contributed by atoms with Gasteiger partial charge >= 0.3 is 0 Å². The van der Waals surface area contributed by atoms with Crippen LogP contribution in [-0.2, 0) is 17.9 Å². The molecule has 90 valence electrons. The number of primary amides is 1. The number of hydrogen-bond donors (Lipinski definition) is 2. The maximum absolute atomic E-state index is 10.5. The highest BCUT2D eigenvalue weighted by Crippen LogP contribution is 1.98. The Bertz CT molecular complexity index is 322. The zero-order valence-electron chi connectivity index (χ0n) is 9.78. The Morgan fingerprint density at radius 2 is 2.38 bits per heavy atom. The average Bonchev–Trinajstić information content (AvgIpc) is 2.70. The number of nitrogens with zero attached hydrogens (tertiary/aromatic N) is 2. The van der Waals surface area contributed by atoms with Crippen LogP contribution in [0.4, 0.5) is 0 Å². The van der Waals surface area contributed by atoms with Crippen LogP contribution in [0.1, 0.15) is 31.7 Å². The standard InChI is InChI=1S/C11H20N4O/c1-2-15-9-10(8-14-15)7-13-6-4-3-5-11(12)16/h8-9,13H,2-7H2,1H3,(H2,12,16). The number of nitrogens with one attached hydrogen (secondary N) is 1. The molecule has 1 amide bonds. The molecule has 5 nitrogen and oxygen atoms in total. The molecule has 1 aromatic heterocycles. The van der Waals surface area contributed by atoms with E-state index in [1.165, 1.54) is 5.56 Å². The van der Waals surface area contributed by atoms with Gasteiger partial charge in [-0.3, -0.25) is 9.48 Å². The van der Waals surface area contributed by atoms with E-state index in [0.29, 0.717) is 6.42 Å². The lowest BCUT2D eigenvalue weighted by Gasteiger charge is -2.01. The van der Waals surface area contributed by atoms with Crippen molar-refractivity contribution in [2.45, 2.75) is 39.3 Å². The Kier molecular flexibility index (Phi) is 5.56. The van der Waals surface area contributed by atoms with Crippen LogP contribution in [0.3, 0.4) is 0 Å². The summed E-state index contributed by atoms with van der Waals surface area (Å²) in [6.45, 7) is 4.70. The minimum Gasteiger partial charge on any atom is -0.370 e. The lowest BCUT2D eigenvalue weighted by atomic mass is 10.2. The minimum absolute atomic E-state index is 0.218. The Labute approximate surface area is 96.0 Å².